The maximum absolute atomic E-state index is 13.3. The van der Waals surface area contributed by atoms with E-state index in [1.807, 2.05) is 18.5 Å². The summed E-state index contributed by atoms with van der Waals surface area (Å²) in [5.41, 5.74) is 4.05. The van der Waals surface area contributed by atoms with E-state index in [1.54, 1.807) is 6.07 Å². The molecule has 2 aromatic rings. The number of nitrogens with one attached hydrogen (secondary N) is 1. The largest absolute Gasteiger partial charge is 0.313 e. The van der Waals surface area contributed by atoms with Gasteiger partial charge < -0.3 is 5.32 Å². The lowest BCUT2D eigenvalue weighted by molar-refractivity contribution is 0.615. The molecule has 0 bridgehead atoms. The van der Waals surface area contributed by atoms with Crippen molar-refractivity contribution < 1.29 is 4.39 Å². The highest BCUT2D eigenvalue weighted by atomic mass is 35.5. The van der Waals surface area contributed by atoms with Gasteiger partial charge in [-0.25, -0.2) is 4.39 Å². The third-order valence-electron chi connectivity index (χ3n) is 3.59. The molecule has 0 saturated heterocycles. The summed E-state index contributed by atoms with van der Waals surface area (Å²) in [6, 6.07) is 4.42. The first-order valence-electron chi connectivity index (χ1n) is 7.20. The number of aryl methyl sites for hydroxylation is 1. The van der Waals surface area contributed by atoms with Gasteiger partial charge in [0, 0.05) is 22.8 Å². The smallest absolute Gasteiger partial charge is 0.123 e. The zero-order valence-corrected chi connectivity index (χ0v) is 13.5. The van der Waals surface area contributed by atoms with Gasteiger partial charge in [-0.05, 0) is 50.6 Å². The van der Waals surface area contributed by atoms with E-state index >= 15 is 0 Å². The van der Waals surface area contributed by atoms with E-state index in [9.17, 15) is 4.39 Å². The number of hydrogen-bond acceptors (Lipinski definition) is 2. The number of aromatic nitrogens is 2. The Bertz CT molecular complexity index is 622. The Morgan fingerprint density at radius 2 is 2.10 bits per heavy atom. The molecular formula is C16H21ClFN3. The van der Waals surface area contributed by atoms with Crippen molar-refractivity contribution >= 4 is 11.6 Å². The summed E-state index contributed by atoms with van der Waals surface area (Å²) in [5, 5.41) is 8.51. The Labute approximate surface area is 130 Å². The van der Waals surface area contributed by atoms with Crippen molar-refractivity contribution in [1.29, 1.82) is 0 Å². The predicted molar refractivity (Wildman–Crippen MR) is 84.2 cm³/mol. The first-order chi connectivity index (χ1) is 10.0. The summed E-state index contributed by atoms with van der Waals surface area (Å²) in [7, 11) is 0. The second-order valence-electron chi connectivity index (χ2n) is 5.22. The van der Waals surface area contributed by atoms with Gasteiger partial charge in [0.25, 0.3) is 0 Å². The van der Waals surface area contributed by atoms with Crippen molar-refractivity contribution in [3.8, 4) is 0 Å². The molecule has 114 valence electrons. The standard InChI is InChI=1S/C16H21ClFN3/c1-4-7-19-9-15-11(2)20-21(12(15)3)10-13-8-14(18)5-6-16(13)17/h5-6,8,19H,4,7,9-10H2,1-3H3. The predicted octanol–water partition coefficient (Wildman–Crippen LogP) is 3.84. The highest BCUT2D eigenvalue weighted by Crippen LogP contribution is 2.20. The molecule has 1 aromatic carbocycles. The monoisotopic (exact) mass is 309 g/mol. The fourth-order valence-corrected chi connectivity index (χ4v) is 2.54. The maximum Gasteiger partial charge on any atom is 0.123 e. The molecule has 0 radical (unpaired) electrons. The van der Waals surface area contributed by atoms with Gasteiger partial charge in [-0.1, -0.05) is 18.5 Å². The molecule has 1 aromatic heterocycles. The molecule has 21 heavy (non-hydrogen) atoms. The van der Waals surface area contributed by atoms with Crippen LogP contribution in [0.4, 0.5) is 4.39 Å². The van der Waals surface area contributed by atoms with Crippen molar-refractivity contribution in [2.45, 2.75) is 40.3 Å². The molecule has 0 aliphatic carbocycles. The van der Waals surface area contributed by atoms with Crippen LogP contribution in [0.2, 0.25) is 5.02 Å². The number of hydrogen-bond donors (Lipinski definition) is 1. The Morgan fingerprint density at radius 1 is 1.33 bits per heavy atom. The van der Waals surface area contributed by atoms with Gasteiger partial charge in [0.1, 0.15) is 5.82 Å². The molecule has 0 amide bonds. The molecule has 0 unspecified atom stereocenters. The van der Waals surface area contributed by atoms with Crippen LogP contribution in [0.15, 0.2) is 18.2 Å². The van der Waals surface area contributed by atoms with Gasteiger partial charge in [-0.2, -0.15) is 5.10 Å². The van der Waals surface area contributed by atoms with Gasteiger partial charge in [-0.3, -0.25) is 4.68 Å². The SMILES string of the molecule is CCCNCc1c(C)nn(Cc2cc(F)ccc2Cl)c1C. The second-order valence-corrected chi connectivity index (χ2v) is 5.63. The average molecular weight is 310 g/mol. The van der Waals surface area contributed by atoms with Gasteiger partial charge in [0.2, 0.25) is 0 Å². The Kier molecular flexibility index (Phi) is 5.37. The minimum atomic E-state index is -0.277. The summed E-state index contributed by atoms with van der Waals surface area (Å²) in [4.78, 5) is 0. The Hall–Kier alpha value is -1.39. The van der Waals surface area contributed by atoms with Crippen molar-refractivity contribution in [3.63, 3.8) is 0 Å². The summed E-state index contributed by atoms with van der Waals surface area (Å²) in [6.45, 7) is 8.46. The van der Waals surface area contributed by atoms with E-state index in [-0.39, 0.29) is 5.82 Å². The van der Waals surface area contributed by atoms with Crippen molar-refractivity contribution in [3.05, 3.63) is 51.6 Å². The molecule has 0 fully saturated rings. The highest BCUT2D eigenvalue weighted by molar-refractivity contribution is 6.31. The molecule has 1 N–H and O–H groups in total. The van der Waals surface area contributed by atoms with Crippen LogP contribution in [0.25, 0.3) is 0 Å². The van der Waals surface area contributed by atoms with E-state index in [0.717, 1.165) is 36.5 Å². The fraction of sp³-hybridized carbons (Fsp3) is 0.438. The van der Waals surface area contributed by atoms with Crippen molar-refractivity contribution in [2.75, 3.05) is 6.54 Å². The molecule has 1 heterocycles. The van der Waals surface area contributed by atoms with E-state index in [2.05, 4.69) is 17.3 Å². The van der Waals surface area contributed by atoms with Crippen LogP contribution in [-0.4, -0.2) is 16.3 Å². The van der Waals surface area contributed by atoms with Crippen LogP contribution in [-0.2, 0) is 13.1 Å². The summed E-state index contributed by atoms with van der Waals surface area (Å²) in [6.07, 6.45) is 1.10. The summed E-state index contributed by atoms with van der Waals surface area (Å²) in [5.74, 6) is -0.277. The first kappa shape index (κ1) is 16.0. The quantitative estimate of drug-likeness (QED) is 0.822. The van der Waals surface area contributed by atoms with Crippen LogP contribution >= 0.6 is 11.6 Å². The Balaban J connectivity index is 2.21. The van der Waals surface area contributed by atoms with Gasteiger partial charge in [0.15, 0.2) is 0 Å². The molecule has 3 nitrogen and oxygen atoms in total. The number of benzene rings is 1. The minimum absolute atomic E-state index is 0.277. The number of halogens is 2. The second kappa shape index (κ2) is 7.05. The number of nitrogens with zero attached hydrogens (tertiary/aromatic N) is 2. The molecule has 0 atom stereocenters. The third kappa shape index (κ3) is 3.83. The lowest BCUT2D eigenvalue weighted by Gasteiger charge is -2.08. The van der Waals surface area contributed by atoms with Crippen LogP contribution in [0.1, 0.15) is 35.9 Å². The zero-order valence-electron chi connectivity index (χ0n) is 12.7. The van der Waals surface area contributed by atoms with Crippen LogP contribution in [0.3, 0.4) is 0 Å². The van der Waals surface area contributed by atoms with E-state index in [1.165, 1.54) is 17.7 Å². The third-order valence-corrected chi connectivity index (χ3v) is 3.96. The molecule has 0 aliphatic heterocycles. The number of rotatable bonds is 6. The minimum Gasteiger partial charge on any atom is -0.313 e. The summed E-state index contributed by atoms with van der Waals surface area (Å²) < 4.78 is 15.2. The van der Waals surface area contributed by atoms with Gasteiger partial charge >= 0.3 is 0 Å². The average Bonchev–Trinajstić information content (AvgIpc) is 2.70. The molecular weight excluding hydrogens is 289 g/mol. The Morgan fingerprint density at radius 3 is 2.81 bits per heavy atom. The van der Waals surface area contributed by atoms with Crippen molar-refractivity contribution in [1.82, 2.24) is 15.1 Å². The highest BCUT2D eigenvalue weighted by Gasteiger charge is 2.12. The normalized spacial score (nSPS) is 11.1. The topological polar surface area (TPSA) is 29.9 Å². The van der Waals surface area contributed by atoms with E-state index < -0.39 is 0 Å². The van der Waals surface area contributed by atoms with Gasteiger partial charge in [0.05, 0.1) is 12.2 Å². The lowest BCUT2D eigenvalue weighted by Crippen LogP contribution is -2.15. The zero-order chi connectivity index (χ0) is 15.4. The van der Waals surface area contributed by atoms with E-state index in [0.29, 0.717) is 11.6 Å². The summed E-state index contributed by atoms with van der Waals surface area (Å²) >= 11 is 6.13. The lowest BCUT2D eigenvalue weighted by atomic mass is 10.2. The maximum atomic E-state index is 13.3. The van der Waals surface area contributed by atoms with E-state index in [4.69, 9.17) is 11.6 Å². The molecule has 0 aliphatic rings. The molecule has 5 heteroatoms. The first-order valence-corrected chi connectivity index (χ1v) is 7.58. The molecule has 2 rings (SSSR count). The van der Waals surface area contributed by atoms with Crippen LogP contribution in [0, 0.1) is 19.7 Å². The fourth-order valence-electron chi connectivity index (χ4n) is 2.36. The van der Waals surface area contributed by atoms with Gasteiger partial charge in [-0.15, -0.1) is 0 Å². The van der Waals surface area contributed by atoms with Crippen LogP contribution in [0.5, 0.6) is 0 Å². The molecule has 0 saturated carbocycles. The van der Waals surface area contributed by atoms with Crippen molar-refractivity contribution in [2.24, 2.45) is 0 Å². The van der Waals surface area contributed by atoms with Crippen LogP contribution < -0.4 is 5.32 Å². The molecule has 0 spiro atoms.